The molecule has 0 aliphatic carbocycles. The molecule has 0 radical (unpaired) electrons. The fourth-order valence-corrected chi connectivity index (χ4v) is 2.92. The lowest BCUT2D eigenvalue weighted by atomic mass is 10.2. The molecule has 1 aliphatic rings. The van der Waals surface area contributed by atoms with E-state index in [1.165, 1.54) is 0 Å². The standard InChI is InChI=1S/C18H27ClN2O2/c1-15(2)14-20-9-11-21(12-10-20)18(22)4-3-13-23-17-7-5-16(19)6-8-17/h5-8,15H,3-4,9-14H2,1-2H3. The van der Waals surface area contributed by atoms with E-state index >= 15 is 0 Å². The molecule has 0 spiro atoms. The summed E-state index contributed by atoms with van der Waals surface area (Å²) in [6.45, 7) is 9.83. The average Bonchev–Trinajstić information content (AvgIpc) is 2.53. The molecular formula is C18H27ClN2O2. The molecule has 1 fully saturated rings. The van der Waals surface area contributed by atoms with E-state index in [1.807, 2.05) is 17.0 Å². The first-order valence-electron chi connectivity index (χ1n) is 8.43. The van der Waals surface area contributed by atoms with Gasteiger partial charge in [-0.1, -0.05) is 25.4 Å². The Morgan fingerprint density at radius 1 is 1.17 bits per heavy atom. The van der Waals surface area contributed by atoms with Crippen LogP contribution in [0.25, 0.3) is 0 Å². The average molecular weight is 339 g/mol. The number of hydrogen-bond donors (Lipinski definition) is 0. The maximum Gasteiger partial charge on any atom is 0.222 e. The van der Waals surface area contributed by atoms with Gasteiger partial charge in [0.15, 0.2) is 0 Å². The van der Waals surface area contributed by atoms with Crippen LogP contribution >= 0.6 is 11.6 Å². The van der Waals surface area contributed by atoms with Crippen molar-refractivity contribution >= 4 is 17.5 Å². The first-order valence-corrected chi connectivity index (χ1v) is 8.81. The van der Waals surface area contributed by atoms with Crippen LogP contribution < -0.4 is 4.74 Å². The zero-order chi connectivity index (χ0) is 16.7. The summed E-state index contributed by atoms with van der Waals surface area (Å²) in [5.74, 6) is 1.72. The summed E-state index contributed by atoms with van der Waals surface area (Å²) >= 11 is 5.83. The van der Waals surface area contributed by atoms with Gasteiger partial charge >= 0.3 is 0 Å². The molecule has 1 aliphatic heterocycles. The number of piperazine rings is 1. The molecule has 1 heterocycles. The summed E-state index contributed by atoms with van der Waals surface area (Å²) in [4.78, 5) is 16.6. The van der Waals surface area contributed by atoms with Gasteiger partial charge in [-0.2, -0.15) is 0 Å². The lowest BCUT2D eigenvalue weighted by Gasteiger charge is -2.35. The molecule has 1 aromatic carbocycles. The van der Waals surface area contributed by atoms with Gasteiger partial charge in [0.1, 0.15) is 5.75 Å². The van der Waals surface area contributed by atoms with Gasteiger partial charge in [-0.05, 0) is 36.6 Å². The Morgan fingerprint density at radius 2 is 1.83 bits per heavy atom. The summed E-state index contributed by atoms with van der Waals surface area (Å²) in [7, 11) is 0. The highest BCUT2D eigenvalue weighted by molar-refractivity contribution is 6.30. The summed E-state index contributed by atoms with van der Waals surface area (Å²) in [5.41, 5.74) is 0. The molecule has 1 aromatic rings. The van der Waals surface area contributed by atoms with Crippen molar-refractivity contribution in [2.75, 3.05) is 39.3 Å². The van der Waals surface area contributed by atoms with Gasteiger partial charge in [-0.15, -0.1) is 0 Å². The molecule has 0 bridgehead atoms. The monoisotopic (exact) mass is 338 g/mol. The molecular weight excluding hydrogens is 312 g/mol. The number of hydrogen-bond acceptors (Lipinski definition) is 3. The van der Waals surface area contributed by atoms with E-state index in [1.54, 1.807) is 12.1 Å². The Morgan fingerprint density at radius 3 is 2.43 bits per heavy atom. The van der Waals surface area contributed by atoms with Crippen molar-refractivity contribution in [1.29, 1.82) is 0 Å². The van der Waals surface area contributed by atoms with Gasteiger partial charge in [0, 0.05) is 44.2 Å². The van der Waals surface area contributed by atoms with Crippen LogP contribution in [0.15, 0.2) is 24.3 Å². The van der Waals surface area contributed by atoms with Crippen molar-refractivity contribution in [2.24, 2.45) is 5.92 Å². The third-order valence-electron chi connectivity index (χ3n) is 3.97. The van der Waals surface area contributed by atoms with Crippen molar-refractivity contribution in [3.63, 3.8) is 0 Å². The number of ether oxygens (including phenoxy) is 1. The van der Waals surface area contributed by atoms with Crippen LogP contribution in [0.3, 0.4) is 0 Å². The van der Waals surface area contributed by atoms with Crippen LogP contribution in [0.2, 0.25) is 5.02 Å². The Kier molecular flexibility index (Phi) is 7.18. The lowest BCUT2D eigenvalue weighted by Crippen LogP contribution is -2.49. The lowest BCUT2D eigenvalue weighted by molar-refractivity contribution is -0.133. The second-order valence-electron chi connectivity index (χ2n) is 6.48. The van der Waals surface area contributed by atoms with E-state index in [2.05, 4.69) is 18.7 Å². The van der Waals surface area contributed by atoms with E-state index < -0.39 is 0 Å². The van der Waals surface area contributed by atoms with Gasteiger partial charge in [-0.3, -0.25) is 9.69 Å². The van der Waals surface area contributed by atoms with Gasteiger partial charge in [0.05, 0.1) is 6.61 Å². The SMILES string of the molecule is CC(C)CN1CCN(C(=O)CCCOc2ccc(Cl)cc2)CC1. The minimum atomic E-state index is 0.244. The summed E-state index contributed by atoms with van der Waals surface area (Å²) < 4.78 is 5.62. The number of halogens is 1. The quantitative estimate of drug-likeness (QED) is 0.715. The third kappa shape index (κ3) is 6.40. The molecule has 1 amide bonds. The summed E-state index contributed by atoms with van der Waals surface area (Å²) in [6.07, 6.45) is 1.30. The van der Waals surface area contributed by atoms with Crippen LogP contribution in [0.1, 0.15) is 26.7 Å². The Bertz CT molecular complexity index is 482. The topological polar surface area (TPSA) is 32.8 Å². The van der Waals surface area contributed by atoms with Crippen molar-refractivity contribution < 1.29 is 9.53 Å². The molecule has 2 rings (SSSR count). The van der Waals surface area contributed by atoms with Gasteiger partial charge in [0.25, 0.3) is 0 Å². The number of carbonyl (C=O) groups excluding carboxylic acids is 1. The van der Waals surface area contributed by atoms with E-state index in [-0.39, 0.29) is 5.91 Å². The van der Waals surface area contributed by atoms with Crippen molar-refractivity contribution in [1.82, 2.24) is 9.80 Å². The van der Waals surface area contributed by atoms with Gasteiger partial charge < -0.3 is 9.64 Å². The largest absolute Gasteiger partial charge is 0.494 e. The highest BCUT2D eigenvalue weighted by Crippen LogP contribution is 2.16. The van der Waals surface area contributed by atoms with Crippen LogP contribution in [-0.2, 0) is 4.79 Å². The molecule has 0 N–H and O–H groups in total. The summed E-state index contributed by atoms with van der Waals surface area (Å²) in [5, 5.41) is 0.698. The number of benzene rings is 1. The number of carbonyl (C=O) groups is 1. The molecule has 0 atom stereocenters. The molecule has 0 unspecified atom stereocenters. The molecule has 0 saturated carbocycles. The smallest absolute Gasteiger partial charge is 0.222 e. The number of rotatable bonds is 7. The minimum Gasteiger partial charge on any atom is -0.494 e. The van der Waals surface area contributed by atoms with E-state index in [0.717, 1.165) is 44.9 Å². The maximum atomic E-state index is 12.2. The predicted octanol–water partition coefficient (Wildman–Crippen LogP) is 3.30. The highest BCUT2D eigenvalue weighted by Gasteiger charge is 2.20. The maximum absolute atomic E-state index is 12.2. The van der Waals surface area contributed by atoms with E-state index in [0.29, 0.717) is 24.0 Å². The van der Waals surface area contributed by atoms with Crippen LogP contribution in [0, 0.1) is 5.92 Å². The first-order chi connectivity index (χ1) is 11.0. The Hall–Kier alpha value is -1.26. The number of nitrogens with zero attached hydrogens (tertiary/aromatic N) is 2. The van der Waals surface area contributed by atoms with Gasteiger partial charge in [0.2, 0.25) is 5.91 Å². The Labute approximate surface area is 144 Å². The van der Waals surface area contributed by atoms with E-state index in [9.17, 15) is 4.79 Å². The van der Waals surface area contributed by atoms with Crippen LogP contribution in [0.4, 0.5) is 0 Å². The summed E-state index contributed by atoms with van der Waals surface area (Å²) in [6, 6.07) is 7.30. The van der Waals surface area contributed by atoms with E-state index in [4.69, 9.17) is 16.3 Å². The molecule has 23 heavy (non-hydrogen) atoms. The second kappa shape index (κ2) is 9.14. The number of amides is 1. The zero-order valence-electron chi connectivity index (χ0n) is 14.1. The molecule has 1 saturated heterocycles. The zero-order valence-corrected chi connectivity index (χ0v) is 14.9. The van der Waals surface area contributed by atoms with Crippen molar-refractivity contribution in [2.45, 2.75) is 26.7 Å². The van der Waals surface area contributed by atoms with Crippen molar-refractivity contribution in [3.8, 4) is 5.75 Å². The predicted molar refractivity (Wildman–Crippen MR) is 94.0 cm³/mol. The fraction of sp³-hybridized carbons (Fsp3) is 0.611. The fourth-order valence-electron chi connectivity index (χ4n) is 2.80. The molecule has 4 nitrogen and oxygen atoms in total. The normalized spacial score (nSPS) is 15.9. The minimum absolute atomic E-state index is 0.244. The first kappa shape index (κ1) is 18.1. The molecule has 5 heteroatoms. The second-order valence-corrected chi connectivity index (χ2v) is 6.92. The van der Waals surface area contributed by atoms with Gasteiger partial charge in [-0.25, -0.2) is 0 Å². The molecule has 0 aromatic heterocycles. The van der Waals surface area contributed by atoms with Crippen molar-refractivity contribution in [3.05, 3.63) is 29.3 Å². The third-order valence-corrected chi connectivity index (χ3v) is 4.22. The van der Waals surface area contributed by atoms with Crippen LogP contribution in [0.5, 0.6) is 5.75 Å². The Balaban J connectivity index is 1.61. The van der Waals surface area contributed by atoms with Crippen LogP contribution in [-0.4, -0.2) is 55.0 Å². The molecule has 128 valence electrons. The highest BCUT2D eigenvalue weighted by atomic mass is 35.5.